The van der Waals surface area contributed by atoms with Gasteiger partial charge in [0, 0.05) is 19.8 Å². The second-order valence-corrected chi connectivity index (χ2v) is 9.78. The SMILES string of the molecule is CCOC(=O)CCN(C1(C(=O)Cl)CCOCC1)S(=O)(=O)c1ccc(Oc2ccc(F)cc2)cc1. The molecule has 2 aromatic carbocycles. The number of hydrogen-bond acceptors (Lipinski definition) is 7. The third-order valence-corrected chi connectivity index (χ3v) is 7.78. The zero-order valence-electron chi connectivity index (χ0n) is 18.5. The molecule has 1 fully saturated rings. The molecule has 0 N–H and O–H groups in total. The fraction of sp³-hybridized carbons (Fsp3) is 0.391. The Morgan fingerprint density at radius 1 is 1.06 bits per heavy atom. The summed E-state index contributed by atoms with van der Waals surface area (Å²) in [6.07, 6.45) is -0.127. The molecule has 184 valence electrons. The molecule has 0 aliphatic carbocycles. The van der Waals surface area contributed by atoms with Gasteiger partial charge in [-0.1, -0.05) is 0 Å². The van der Waals surface area contributed by atoms with Crippen molar-refractivity contribution >= 4 is 32.8 Å². The van der Waals surface area contributed by atoms with E-state index in [9.17, 15) is 22.4 Å². The lowest BCUT2D eigenvalue weighted by atomic mass is 9.91. The van der Waals surface area contributed by atoms with Crippen molar-refractivity contribution in [2.75, 3.05) is 26.4 Å². The number of rotatable bonds is 10. The number of hydrogen-bond donors (Lipinski definition) is 0. The molecule has 0 saturated carbocycles. The quantitative estimate of drug-likeness (QED) is 0.351. The van der Waals surface area contributed by atoms with E-state index < -0.39 is 32.6 Å². The normalized spacial score (nSPS) is 15.6. The predicted molar refractivity (Wildman–Crippen MR) is 122 cm³/mol. The minimum atomic E-state index is -4.25. The first-order chi connectivity index (χ1) is 16.2. The largest absolute Gasteiger partial charge is 0.466 e. The Labute approximate surface area is 202 Å². The maximum atomic E-state index is 13.7. The molecule has 34 heavy (non-hydrogen) atoms. The number of sulfonamides is 1. The van der Waals surface area contributed by atoms with Gasteiger partial charge in [0.05, 0.1) is 17.9 Å². The van der Waals surface area contributed by atoms with Crippen molar-refractivity contribution < 1.29 is 36.6 Å². The average Bonchev–Trinajstić information content (AvgIpc) is 2.81. The van der Waals surface area contributed by atoms with E-state index in [-0.39, 0.29) is 50.5 Å². The van der Waals surface area contributed by atoms with Crippen LogP contribution in [0, 0.1) is 5.82 Å². The minimum absolute atomic E-state index is 0.0587. The van der Waals surface area contributed by atoms with Gasteiger partial charge in [0.2, 0.25) is 15.3 Å². The summed E-state index contributed by atoms with van der Waals surface area (Å²) in [4.78, 5) is 24.4. The summed E-state index contributed by atoms with van der Waals surface area (Å²) in [5, 5.41) is -0.834. The Balaban J connectivity index is 1.91. The molecule has 1 aliphatic heterocycles. The first-order valence-electron chi connectivity index (χ1n) is 10.7. The molecule has 0 unspecified atom stereocenters. The van der Waals surface area contributed by atoms with Crippen LogP contribution >= 0.6 is 11.6 Å². The molecule has 1 saturated heterocycles. The Hall–Kier alpha value is -2.53. The second kappa shape index (κ2) is 11.3. The molecular weight excluding hydrogens is 489 g/mol. The number of carbonyl (C=O) groups is 2. The van der Waals surface area contributed by atoms with Gasteiger partial charge in [0.1, 0.15) is 22.9 Å². The van der Waals surface area contributed by atoms with Gasteiger partial charge >= 0.3 is 5.97 Å². The molecule has 1 heterocycles. The van der Waals surface area contributed by atoms with Crippen LogP contribution in [-0.2, 0) is 29.1 Å². The Morgan fingerprint density at radius 3 is 2.15 bits per heavy atom. The predicted octanol–water partition coefficient (Wildman–Crippen LogP) is 3.88. The number of nitrogens with zero attached hydrogens (tertiary/aromatic N) is 1. The van der Waals surface area contributed by atoms with Crippen molar-refractivity contribution in [3.63, 3.8) is 0 Å². The van der Waals surface area contributed by atoms with Crippen molar-refractivity contribution in [3.05, 3.63) is 54.3 Å². The molecule has 0 amide bonds. The number of halogens is 2. The van der Waals surface area contributed by atoms with Crippen LogP contribution in [0.5, 0.6) is 11.5 Å². The third kappa shape index (κ3) is 5.93. The Kier molecular flexibility index (Phi) is 8.64. The van der Waals surface area contributed by atoms with Gasteiger partial charge in [-0.15, -0.1) is 0 Å². The molecule has 3 rings (SSSR count). The summed E-state index contributed by atoms with van der Waals surface area (Å²) in [6.45, 7) is 1.80. The molecule has 0 bridgehead atoms. The monoisotopic (exact) mass is 513 g/mol. The zero-order chi connectivity index (χ0) is 24.8. The van der Waals surface area contributed by atoms with E-state index in [0.29, 0.717) is 11.5 Å². The molecule has 0 aromatic heterocycles. The van der Waals surface area contributed by atoms with Crippen LogP contribution in [-0.4, -0.2) is 55.8 Å². The first-order valence-corrected chi connectivity index (χ1v) is 12.5. The van der Waals surface area contributed by atoms with E-state index in [1.165, 1.54) is 48.5 Å². The summed E-state index contributed by atoms with van der Waals surface area (Å²) < 4.78 is 57.3. The maximum absolute atomic E-state index is 13.7. The van der Waals surface area contributed by atoms with E-state index in [2.05, 4.69) is 0 Å². The third-order valence-electron chi connectivity index (χ3n) is 5.45. The van der Waals surface area contributed by atoms with Crippen molar-refractivity contribution in [1.29, 1.82) is 0 Å². The van der Waals surface area contributed by atoms with E-state index in [0.717, 1.165) is 4.31 Å². The topological polar surface area (TPSA) is 99.2 Å². The summed E-state index contributed by atoms with van der Waals surface area (Å²) >= 11 is 5.94. The molecule has 0 radical (unpaired) electrons. The van der Waals surface area contributed by atoms with Crippen LogP contribution in [0.3, 0.4) is 0 Å². The molecule has 0 atom stereocenters. The van der Waals surface area contributed by atoms with Crippen LogP contribution < -0.4 is 4.74 Å². The molecule has 1 aliphatic rings. The number of esters is 1. The standard InChI is InChI=1S/C23H25ClFNO7S/c1-2-32-21(27)11-14-26(23(22(24)28)12-15-31-16-13-23)34(29,30)20-9-7-19(8-10-20)33-18-5-3-17(25)4-6-18/h3-10H,2,11-16H2,1H3. The van der Waals surface area contributed by atoms with Gasteiger partial charge in [-0.25, -0.2) is 12.8 Å². The summed E-state index contributed by atoms with van der Waals surface area (Å²) in [7, 11) is -4.25. The van der Waals surface area contributed by atoms with Crippen molar-refractivity contribution in [2.45, 2.75) is 36.6 Å². The summed E-state index contributed by atoms with van der Waals surface area (Å²) in [5.74, 6) is -0.289. The Bertz CT molecular complexity index is 1100. The smallest absolute Gasteiger partial charge is 0.307 e. The lowest BCUT2D eigenvalue weighted by molar-refractivity contribution is -0.144. The fourth-order valence-corrected chi connectivity index (χ4v) is 5.82. The highest BCUT2D eigenvalue weighted by molar-refractivity contribution is 7.89. The van der Waals surface area contributed by atoms with Gasteiger partial charge < -0.3 is 14.2 Å². The van der Waals surface area contributed by atoms with Crippen LogP contribution in [0.4, 0.5) is 4.39 Å². The first kappa shape index (κ1) is 26.1. The number of ether oxygens (including phenoxy) is 3. The van der Waals surface area contributed by atoms with Crippen molar-refractivity contribution in [1.82, 2.24) is 4.31 Å². The highest BCUT2D eigenvalue weighted by atomic mass is 35.5. The van der Waals surface area contributed by atoms with Crippen molar-refractivity contribution in [3.8, 4) is 11.5 Å². The lowest BCUT2D eigenvalue weighted by Crippen LogP contribution is -2.58. The number of benzene rings is 2. The summed E-state index contributed by atoms with van der Waals surface area (Å²) in [6, 6.07) is 10.9. The van der Waals surface area contributed by atoms with Crippen LogP contribution in [0.1, 0.15) is 26.2 Å². The fourth-order valence-electron chi connectivity index (χ4n) is 3.69. The zero-order valence-corrected chi connectivity index (χ0v) is 20.1. The molecular formula is C23H25ClFNO7S. The number of carbonyl (C=O) groups excluding carboxylic acids is 2. The lowest BCUT2D eigenvalue weighted by Gasteiger charge is -2.42. The second-order valence-electron chi connectivity index (χ2n) is 7.58. The Morgan fingerprint density at radius 2 is 1.62 bits per heavy atom. The molecule has 8 nitrogen and oxygen atoms in total. The van der Waals surface area contributed by atoms with E-state index >= 15 is 0 Å². The minimum Gasteiger partial charge on any atom is -0.466 e. The van der Waals surface area contributed by atoms with Crippen LogP contribution in [0.15, 0.2) is 53.4 Å². The average molecular weight is 514 g/mol. The molecule has 2 aromatic rings. The van der Waals surface area contributed by atoms with Gasteiger partial charge in [-0.2, -0.15) is 4.31 Å². The van der Waals surface area contributed by atoms with Crippen LogP contribution in [0.25, 0.3) is 0 Å². The van der Waals surface area contributed by atoms with E-state index in [4.69, 9.17) is 25.8 Å². The highest BCUT2D eigenvalue weighted by Crippen LogP contribution is 2.36. The van der Waals surface area contributed by atoms with E-state index in [1.807, 2.05) is 0 Å². The molecule has 11 heteroatoms. The van der Waals surface area contributed by atoms with Gasteiger partial charge in [-0.05, 0) is 79.9 Å². The maximum Gasteiger partial charge on any atom is 0.307 e. The summed E-state index contributed by atoms with van der Waals surface area (Å²) in [5.41, 5.74) is -1.55. The van der Waals surface area contributed by atoms with Crippen molar-refractivity contribution in [2.24, 2.45) is 0 Å². The van der Waals surface area contributed by atoms with Gasteiger partial charge in [0.15, 0.2) is 0 Å². The van der Waals surface area contributed by atoms with Gasteiger partial charge in [0.25, 0.3) is 0 Å². The molecule has 0 spiro atoms. The highest BCUT2D eigenvalue weighted by Gasteiger charge is 2.50. The van der Waals surface area contributed by atoms with Crippen LogP contribution in [0.2, 0.25) is 0 Å². The van der Waals surface area contributed by atoms with Gasteiger partial charge in [-0.3, -0.25) is 9.59 Å². The van der Waals surface area contributed by atoms with E-state index in [1.54, 1.807) is 6.92 Å².